The van der Waals surface area contributed by atoms with Gasteiger partial charge in [0.05, 0.1) is 0 Å². The second-order valence-electron chi connectivity index (χ2n) is 39.9. The number of halogens is 2. The van der Waals surface area contributed by atoms with Crippen LogP contribution >= 0.6 is 23.2 Å². The molecule has 0 spiro atoms. The summed E-state index contributed by atoms with van der Waals surface area (Å²) >= 11 is 14.1. The zero-order chi connectivity index (χ0) is 89.7. The van der Waals surface area contributed by atoms with Crippen molar-refractivity contribution in [3.63, 3.8) is 0 Å². The average Bonchev–Trinajstić information content (AvgIpc) is 0.712. The van der Waals surface area contributed by atoms with E-state index >= 15 is 0 Å². The van der Waals surface area contributed by atoms with E-state index < -0.39 is 0 Å². The minimum Gasteiger partial charge on any atom is -0.0843 e. The molecule has 0 amide bonds. The Morgan fingerprint density at radius 3 is 0.586 bits per heavy atom. The van der Waals surface area contributed by atoms with Crippen LogP contribution in [0.15, 0.2) is 206 Å². The molecular formula is C126H180Cl2. The Balaban J connectivity index is 1.12. The molecular weight excluding hydrogens is 1580 g/mol. The summed E-state index contributed by atoms with van der Waals surface area (Å²) in [4.78, 5) is 0. The number of hydrogen-bond acceptors (Lipinski definition) is 0. The van der Waals surface area contributed by atoms with E-state index in [0.717, 1.165) is 57.7 Å². The molecule has 128 heavy (non-hydrogen) atoms. The fourth-order valence-corrected chi connectivity index (χ4v) is 21.7. The fraction of sp³-hybridized carbons (Fsp3) is 0.571. The van der Waals surface area contributed by atoms with Gasteiger partial charge < -0.3 is 0 Å². The Labute approximate surface area is 797 Å². The normalized spacial score (nSPS) is 12.6. The third kappa shape index (κ3) is 39.8. The summed E-state index contributed by atoms with van der Waals surface area (Å²) in [5.74, 6) is 3.29. The van der Waals surface area contributed by atoms with E-state index in [0.29, 0.717) is 0 Å². The van der Waals surface area contributed by atoms with Gasteiger partial charge in [0.15, 0.2) is 0 Å². The van der Waals surface area contributed by atoms with E-state index in [1.165, 1.54) is 474 Å². The monoisotopic (exact) mass is 1760 g/mol. The Kier molecular flexibility index (Phi) is 54.3. The Morgan fingerprint density at radius 2 is 0.352 bits per heavy atom. The maximum absolute atomic E-state index is 7.07. The predicted octanol–water partition coefficient (Wildman–Crippen LogP) is 43.4. The molecule has 9 aromatic carbocycles. The number of aryl methyl sites for hydroxylation is 2. The molecule has 2 heteroatoms. The molecule has 698 valence electrons. The topological polar surface area (TPSA) is 0 Å². The Morgan fingerprint density at radius 1 is 0.164 bits per heavy atom. The molecule has 0 bridgehead atoms. The maximum Gasteiger partial charge on any atom is 0.0406 e. The fourth-order valence-electron chi connectivity index (χ4n) is 21.4. The highest BCUT2D eigenvalue weighted by molar-refractivity contribution is 6.31. The largest absolute Gasteiger partial charge is 0.0843 e. The summed E-state index contributed by atoms with van der Waals surface area (Å²) in [6.07, 6.45) is 86.1. The van der Waals surface area contributed by atoms with Crippen LogP contribution in [0.3, 0.4) is 0 Å². The summed E-state index contributed by atoms with van der Waals surface area (Å²) in [5, 5.41) is 1.45. The Hall–Kier alpha value is -6.44. The zero-order valence-corrected chi connectivity index (χ0v) is 84.0. The van der Waals surface area contributed by atoms with Gasteiger partial charge >= 0.3 is 0 Å². The van der Waals surface area contributed by atoms with Crippen LogP contribution in [0.5, 0.6) is 0 Å². The van der Waals surface area contributed by atoms with Crippen LogP contribution in [0.2, 0.25) is 10.0 Å². The van der Waals surface area contributed by atoms with E-state index in [-0.39, 0.29) is 0 Å². The van der Waals surface area contributed by atoms with Gasteiger partial charge in [0, 0.05) is 10.0 Å². The molecule has 0 aliphatic carbocycles. The molecule has 0 N–H and O–H groups in total. The molecule has 0 fully saturated rings. The van der Waals surface area contributed by atoms with E-state index in [1.54, 1.807) is 0 Å². The van der Waals surface area contributed by atoms with Crippen LogP contribution < -0.4 is 0 Å². The Bertz CT molecular complexity index is 3960. The van der Waals surface area contributed by atoms with E-state index in [2.05, 4.69) is 248 Å². The quantitative estimate of drug-likeness (QED) is 0.0333. The summed E-state index contributed by atoms with van der Waals surface area (Å²) in [5.41, 5.74) is 22.0. The third-order valence-electron chi connectivity index (χ3n) is 29.1. The molecule has 9 rings (SSSR count). The lowest BCUT2D eigenvalue weighted by atomic mass is 9.73. The molecule has 0 saturated heterocycles. The van der Waals surface area contributed by atoms with E-state index in [9.17, 15) is 0 Å². The van der Waals surface area contributed by atoms with Gasteiger partial charge in [-0.25, -0.2) is 0 Å². The lowest BCUT2D eigenvalue weighted by Crippen LogP contribution is -2.11. The third-order valence-corrected chi connectivity index (χ3v) is 29.6. The number of benzene rings is 9. The standard InChI is InChI=1S/C126H180Cl2/c1-7-13-19-25-31-35-37-41-47-55-67-105(65-53-45-39-33-27-21-15-9-3)99-107(69-51-43-29-23-17-11-5)73-61-71-103-83-87-111(88-84-103)121-122(112-89-85-104(86-90-112)72-62-74-108(70-52-44-30-24-18-12-6)100-106(66-54-46-40-34-28-22-16-10-4)68-56-48-42-38-36-32-26-20-14-8-2)126(118-82-64-80-116(102-118)110-77-59-50-60-78-110)124(114-93-97-120(128)98-94-114)123(113-91-95-119(127)96-92-113)125(121)117-81-63-79-115(101-117)109-75-57-49-58-76-109/h49-50,57-60,63-64,75-98,101-102,105-108H,7-48,51-56,61-62,65-74,99-100H2,1-6H3. The van der Waals surface area contributed by atoms with Crippen LogP contribution in [0.4, 0.5) is 0 Å². The van der Waals surface area contributed by atoms with E-state index in [1.807, 2.05) is 0 Å². The maximum atomic E-state index is 7.07. The molecule has 4 unspecified atom stereocenters. The average molecular weight is 1770 g/mol. The zero-order valence-electron chi connectivity index (χ0n) is 82.5. The predicted molar refractivity (Wildman–Crippen MR) is 572 cm³/mol. The van der Waals surface area contributed by atoms with Gasteiger partial charge in [-0.3, -0.25) is 0 Å². The van der Waals surface area contributed by atoms with E-state index in [4.69, 9.17) is 23.2 Å². The lowest BCUT2D eigenvalue weighted by Gasteiger charge is -2.29. The highest BCUT2D eigenvalue weighted by Crippen LogP contribution is 2.57. The molecule has 0 heterocycles. The molecule has 0 radical (unpaired) electrons. The van der Waals surface area contributed by atoms with Crippen molar-refractivity contribution in [1.82, 2.24) is 0 Å². The molecule has 0 saturated carbocycles. The lowest BCUT2D eigenvalue weighted by molar-refractivity contribution is 0.284. The van der Waals surface area contributed by atoms with Gasteiger partial charge in [0.1, 0.15) is 0 Å². The van der Waals surface area contributed by atoms with Crippen molar-refractivity contribution < 1.29 is 0 Å². The molecule has 0 nitrogen and oxygen atoms in total. The van der Waals surface area contributed by atoms with Crippen molar-refractivity contribution in [2.45, 2.75) is 440 Å². The molecule has 4 atom stereocenters. The van der Waals surface area contributed by atoms with Gasteiger partial charge in [-0.1, -0.05) is 594 Å². The van der Waals surface area contributed by atoms with Crippen molar-refractivity contribution in [3.8, 4) is 89.0 Å². The van der Waals surface area contributed by atoms with Crippen molar-refractivity contribution >= 4 is 23.2 Å². The van der Waals surface area contributed by atoms with Gasteiger partial charge in [-0.15, -0.1) is 0 Å². The van der Waals surface area contributed by atoms with Gasteiger partial charge in [-0.2, -0.15) is 0 Å². The molecule has 0 aliphatic rings. The summed E-state index contributed by atoms with van der Waals surface area (Å²) in [7, 11) is 0. The minimum atomic E-state index is 0.723. The first-order valence-electron chi connectivity index (χ1n) is 54.5. The second kappa shape index (κ2) is 66.0. The number of hydrogen-bond donors (Lipinski definition) is 0. The van der Waals surface area contributed by atoms with Crippen molar-refractivity contribution in [3.05, 3.63) is 227 Å². The minimum absolute atomic E-state index is 0.723. The van der Waals surface area contributed by atoms with Crippen molar-refractivity contribution in [2.75, 3.05) is 0 Å². The van der Waals surface area contributed by atoms with Crippen LogP contribution in [0, 0.1) is 23.7 Å². The van der Waals surface area contributed by atoms with Gasteiger partial charge in [0.25, 0.3) is 0 Å². The first-order chi connectivity index (χ1) is 63.2. The van der Waals surface area contributed by atoms with Crippen LogP contribution in [-0.2, 0) is 12.8 Å². The molecule has 9 aromatic rings. The number of rotatable bonds is 74. The molecule has 0 aromatic heterocycles. The van der Waals surface area contributed by atoms with Gasteiger partial charge in [-0.05, 0) is 199 Å². The van der Waals surface area contributed by atoms with Crippen LogP contribution in [0.25, 0.3) is 89.0 Å². The van der Waals surface area contributed by atoms with Crippen molar-refractivity contribution in [1.29, 1.82) is 0 Å². The summed E-state index contributed by atoms with van der Waals surface area (Å²) in [6, 6.07) is 78.8. The summed E-state index contributed by atoms with van der Waals surface area (Å²) < 4.78 is 0. The highest BCUT2D eigenvalue weighted by Gasteiger charge is 2.31. The van der Waals surface area contributed by atoms with Crippen LogP contribution in [0.1, 0.15) is 438 Å². The van der Waals surface area contributed by atoms with Crippen LogP contribution in [-0.4, -0.2) is 0 Å². The highest BCUT2D eigenvalue weighted by atomic mass is 35.5. The SMILES string of the molecule is CCCCCCCCCCCCC(CCCCCCCCCC)CC(CCCCCCCC)CCCc1ccc(-c2c(-c3ccc(CCCC(CCCCCCCC)CC(CCCCCCCCCC)CCCCCCCCCCCC)cc3)c(-c3cccc(-c4ccccc4)c3)c(-c3ccc(Cl)cc3)c(-c3ccc(Cl)cc3)c2-c2cccc(-c3ccccc3)c2)cc1. The second-order valence-corrected chi connectivity index (χ2v) is 40.7. The molecule has 0 aliphatic heterocycles. The van der Waals surface area contributed by atoms with Crippen molar-refractivity contribution in [2.24, 2.45) is 23.7 Å². The van der Waals surface area contributed by atoms with Gasteiger partial charge in [0.2, 0.25) is 0 Å². The summed E-state index contributed by atoms with van der Waals surface area (Å²) in [6.45, 7) is 14.1. The smallest absolute Gasteiger partial charge is 0.0406 e. The first-order valence-corrected chi connectivity index (χ1v) is 55.2. The number of unbranched alkanes of at least 4 members (excludes halogenated alkanes) is 42. The first kappa shape index (κ1) is 105.